The number of benzene rings is 2. The van der Waals surface area contributed by atoms with Gasteiger partial charge in [-0.05, 0) is 30.5 Å². The van der Waals surface area contributed by atoms with Crippen molar-refractivity contribution >= 4 is 5.78 Å². The molecule has 1 nitrogen and oxygen atoms in total. The quantitative estimate of drug-likeness (QED) is 0.729. The maximum atomic E-state index is 12.4. The van der Waals surface area contributed by atoms with Crippen LogP contribution >= 0.6 is 0 Å². The summed E-state index contributed by atoms with van der Waals surface area (Å²) in [4.78, 5) is 12.4. The number of carbonyl (C=O) groups is 1. The maximum absolute atomic E-state index is 12.4. The minimum atomic E-state index is -0.0893. The fourth-order valence-corrected chi connectivity index (χ4v) is 2.49. The summed E-state index contributed by atoms with van der Waals surface area (Å²) in [5.74, 6) is 0.0987. The van der Waals surface area contributed by atoms with E-state index in [0.717, 1.165) is 11.1 Å². The minimum absolute atomic E-state index is 0.0893. The van der Waals surface area contributed by atoms with E-state index in [9.17, 15) is 4.79 Å². The zero-order chi connectivity index (χ0) is 13.1. The van der Waals surface area contributed by atoms with Crippen LogP contribution in [0.4, 0.5) is 0 Å². The summed E-state index contributed by atoms with van der Waals surface area (Å²) in [6.07, 6.45) is 0. The van der Waals surface area contributed by atoms with E-state index < -0.39 is 0 Å². The highest BCUT2D eigenvalue weighted by Gasteiger charge is 2.19. The van der Waals surface area contributed by atoms with Gasteiger partial charge in [0.2, 0.25) is 0 Å². The monoisotopic (exact) mass is 238 g/mol. The van der Waals surface area contributed by atoms with Crippen molar-refractivity contribution in [2.45, 2.75) is 26.7 Å². The minimum Gasteiger partial charge on any atom is -0.294 e. The molecule has 2 aromatic carbocycles. The molecule has 0 heterocycles. The van der Waals surface area contributed by atoms with E-state index in [-0.39, 0.29) is 11.7 Å². The fourth-order valence-electron chi connectivity index (χ4n) is 2.49. The Bertz CT molecular complexity index is 535. The summed E-state index contributed by atoms with van der Waals surface area (Å²) in [6.45, 7) is 6.12. The van der Waals surface area contributed by atoms with Gasteiger partial charge >= 0.3 is 0 Å². The van der Waals surface area contributed by atoms with Crippen LogP contribution in [-0.2, 0) is 0 Å². The molecule has 0 fully saturated rings. The molecule has 2 rings (SSSR count). The number of aryl methyl sites for hydroxylation is 2. The normalized spacial score (nSPS) is 12.2. The second-order valence-corrected chi connectivity index (χ2v) is 4.76. The molecule has 0 aliphatic carbocycles. The number of hydrogen-bond donors (Lipinski definition) is 0. The Morgan fingerprint density at radius 1 is 0.889 bits per heavy atom. The SMILES string of the molecule is Cc1cccc(C)c1C(C)C(=O)c1ccccc1. The van der Waals surface area contributed by atoms with Crippen LogP contribution in [-0.4, -0.2) is 5.78 Å². The first-order valence-electron chi connectivity index (χ1n) is 6.26. The van der Waals surface area contributed by atoms with Crippen molar-refractivity contribution in [3.8, 4) is 0 Å². The molecular weight excluding hydrogens is 220 g/mol. The van der Waals surface area contributed by atoms with Gasteiger partial charge in [0.15, 0.2) is 5.78 Å². The van der Waals surface area contributed by atoms with E-state index in [4.69, 9.17) is 0 Å². The molecule has 0 N–H and O–H groups in total. The van der Waals surface area contributed by atoms with Crippen LogP contribution in [0.5, 0.6) is 0 Å². The summed E-state index contributed by atoms with van der Waals surface area (Å²) in [7, 11) is 0. The summed E-state index contributed by atoms with van der Waals surface area (Å²) in [6, 6.07) is 15.7. The second kappa shape index (κ2) is 5.18. The van der Waals surface area contributed by atoms with Crippen LogP contribution < -0.4 is 0 Å². The molecule has 0 bridgehead atoms. The van der Waals surface area contributed by atoms with E-state index in [1.165, 1.54) is 11.1 Å². The van der Waals surface area contributed by atoms with Crippen LogP contribution in [0.2, 0.25) is 0 Å². The van der Waals surface area contributed by atoms with Gasteiger partial charge in [-0.15, -0.1) is 0 Å². The van der Waals surface area contributed by atoms with Gasteiger partial charge in [-0.2, -0.15) is 0 Å². The summed E-state index contributed by atoms with van der Waals surface area (Å²) >= 11 is 0. The van der Waals surface area contributed by atoms with Gasteiger partial charge in [0.1, 0.15) is 0 Å². The highest BCUT2D eigenvalue weighted by Crippen LogP contribution is 2.26. The average Bonchev–Trinajstić information content (AvgIpc) is 2.38. The molecule has 92 valence electrons. The predicted molar refractivity (Wildman–Crippen MR) is 75.1 cm³/mol. The highest BCUT2D eigenvalue weighted by molar-refractivity contribution is 6.01. The molecule has 0 aliphatic rings. The first-order chi connectivity index (χ1) is 8.61. The smallest absolute Gasteiger partial charge is 0.170 e. The highest BCUT2D eigenvalue weighted by atomic mass is 16.1. The molecular formula is C17H18O. The van der Waals surface area contributed by atoms with Crippen LogP contribution in [0.25, 0.3) is 0 Å². The maximum Gasteiger partial charge on any atom is 0.170 e. The standard InChI is InChI=1S/C17H18O/c1-12-8-7-9-13(2)16(12)14(3)17(18)15-10-5-4-6-11-15/h4-11,14H,1-3H3. The van der Waals surface area contributed by atoms with Crippen LogP contribution in [0, 0.1) is 13.8 Å². The third-order valence-corrected chi connectivity index (χ3v) is 3.43. The van der Waals surface area contributed by atoms with Gasteiger partial charge < -0.3 is 0 Å². The van der Waals surface area contributed by atoms with Gasteiger partial charge in [-0.25, -0.2) is 0 Å². The number of hydrogen-bond acceptors (Lipinski definition) is 1. The summed E-state index contributed by atoms with van der Waals surface area (Å²) in [5, 5.41) is 0. The fraction of sp³-hybridized carbons (Fsp3) is 0.235. The Morgan fingerprint density at radius 2 is 1.44 bits per heavy atom. The largest absolute Gasteiger partial charge is 0.294 e. The van der Waals surface area contributed by atoms with Crippen molar-refractivity contribution in [2.75, 3.05) is 0 Å². The molecule has 0 spiro atoms. The Balaban J connectivity index is 2.38. The van der Waals surface area contributed by atoms with Crippen LogP contribution in [0.3, 0.4) is 0 Å². The Morgan fingerprint density at radius 3 is 2.00 bits per heavy atom. The van der Waals surface area contributed by atoms with Gasteiger partial charge in [0.05, 0.1) is 0 Å². The van der Waals surface area contributed by atoms with Crippen molar-refractivity contribution in [1.29, 1.82) is 0 Å². The molecule has 0 aliphatic heterocycles. The third kappa shape index (κ3) is 2.35. The zero-order valence-electron chi connectivity index (χ0n) is 11.1. The van der Waals surface area contributed by atoms with Gasteiger partial charge in [-0.1, -0.05) is 55.5 Å². The lowest BCUT2D eigenvalue weighted by Gasteiger charge is -2.16. The average molecular weight is 238 g/mol. The lowest BCUT2D eigenvalue weighted by Crippen LogP contribution is -2.12. The Kier molecular flexibility index (Phi) is 3.61. The molecule has 2 aromatic rings. The Labute approximate surface area is 108 Å². The number of ketones is 1. The van der Waals surface area contributed by atoms with E-state index in [0.29, 0.717) is 0 Å². The topological polar surface area (TPSA) is 17.1 Å². The molecule has 18 heavy (non-hydrogen) atoms. The Hall–Kier alpha value is -1.89. The zero-order valence-corrected chi connectivity index (χ0v) is 11.1. The molecule has 0 saturated heterocycles. The van der Waals surface area contributed by atoms with Crippen LogP contribution in [0.15, 0.2) is 48.5 Å². The summed E-state index contributed by atoms with van der Waals surface area (Å²) in [5.41, 5.74) is 4.32. The lowest BCUT2D eigenvalue weighted by molar-refractivity contribution is 0.0965. The molecule has 0 radical (unpaired) electrons. The first kappa shape index (κ1) is 12.6. The summed E-state index contributed by atoms with van der Waals surface area (Å²) < 4.78 is 0. The van der Waals surface area contributed by atoms with E-state index in [1.54, 1.807) is 0 Å². The van der Waals surface area contributed by atoms with Crippen molar-refractivity contribution in [2.24, 2.45) is 0 Å². The van der Waals surface area contributed by atoms with E-state index >= 15 is 0 Å². The molecule has 1 heteroatoms. The number of carbonyl (C=O) groups excluding carboxylic acids is 1. The number of Topliss-reactive ketones (excluding diaryl/α,β-unsaturated/α-hetero) is 1. The number of rotatable bonds is 3. The first-order valence-corrected chi connectivity index (χ1v) is 6.26. The van der Waals surface area contributed by atoms with Gasteiger partial charge in [0, 0.05) is 11.5 Å². The van der Waals surface area contributed by atoms with Crippen molar-refractivity contribution in [3.05, 3.63) is 70.8 Å². The third-order valence-electron chi connectivity index (χ3n) is 3.43. The molecule has 0 saturated carbocycles. The van der Waals surface area contributed by atoms with Gasteiger partial charge in [0.25, 0.3) is 0 Å². The molecule has 1 atom stereocenters. The van der Waals surface area contributed by atoms with Crippen molar-refractivity contribution in [1.82, 2.24) is 0 Å². The van der Waals surface area contributed by atoms with Crippen molar-refractivity contribution in [3.63, 3.8) is 0 Å². The molecule has 0 amide bonds. The lowest BCUT2D eigenvalue weighted by atomic mass is 9.87. The van der Waals surface area contributed by atoms with Crippen molar-refractivity contribution < 1.29 is 4.79 Å². The molecule has 0 aromatic heterocycles. The van der Waals surface area contributed by atoms with Crippen LogP contribution in [0.1, 0.15) is 39.9 Å². The molecule has 1 unspecified atom stereocenters. The second-order valence-electron chi connectivity index (χ2n) is 4.76. The predicted octanol–water partition coefficient (Wildman–Crippen LogP) is 4.29. The van der Waals surface area contributed by atoms with E-state index in [2.05, 4.69) is 26.0 Å². The van der Waals surface area contributed by atoms with E-state index in [1.807, 2.05) is 43.3 Å². The van der Waals surface area contributed by atoms with Gasteiger partial charge in [-0.3, -0.25) is 4.79 Å².